The Hall–Kier alpha value is -2.85. The number of anilines is 2. The Balaban J connectivity index is 1.55. The maximum Gasteiger partial charge on any atom is 0.325 e. The van der Waals surface area contributed by atoms with E-state index < -0.39 is 6.03 Å². The average Bonchev–Trinajstić information content (AvgIpc) is 3.15. The van der Waals surface area contributed by atoms with E-state index in [0.717, 1.165) is 5.56 Å². The van der Waals surface area contributed by atoms with E-state index >= 15 is 0 Å². The van der Waals surface area contributed by atoms with Crippen LogP contribution < -0.4 is 20.1 Å². The number of amides is 2. The number of hydrogen-bond donors (Lipinski definition) is 2. The average molecular weight is 420 g/mol. The Morgan fingerprint density at radius 3 is 2.39 bits per heavy atom. The van der Waals surface area contributed by atoms with Gasteiger partial charge in [-0.2, -0.15) is 0 Å². The van der Waals surface area contributed by atoms with Gasteiger partial charge < -0.3 is 14.8 Å². The van der Waals surface area contributed by atoms with Gasteiger partial charge in [0, 0.05) is 17.5 Å². The summed E-state index contributed by atoms with van der Waals surface area (Å²) in [5, 5.41) is 13.6. The summed E-state index contributed by atoms with van der Waals surface area (Å²) in [5.41, 5.74) is 1.49. The lowest BCUT2D eigenvalue weighted by molar-refractivity contribution is 0.262. The van der Waals surface area contributed by atoms with Gasteiger partial charge in [0.15, 0.2) is 4.34 Å². The van der Waals surface area contributed by atoms with Crippen LogP contribution in [0, 0.1) is 5.82 Å². The molecule has 2 aromatic carbocycles. The minimum Gasteiger partial charge on any atom is -0.497 e. The van der Waals surface area contributed by atoms with Gasteiger partial charge in [-0.3, -0.25) is 5.32 Å². The van der Waals surface area contributed by atoms with Gasteiger partial charge in [0.1, 0.15) is 17.3 Å². The molecule has 0 atom stereocenters. The fourth-order valence-electron chi connectivity index (χ4n) is 2.21. The van der Waals surface area contributed by atoms with E-state index in [1.807, 2.05) is 12.1 Å². The van der Waals surface area contributed by atoms with Crippen LogP contribution in [-0.2, 0) is 5.75 Å². The Morgan fingerprint density at radius 1 is 1.07 bits per heavy atom. The smallest absolute Gasteiger partial charge is 0.325 e. The Bertz CT molecular complexity index is 928. The molecule has 0 bridgehead atoms. The van der Waals surface area contributed by atoms with Crippen LogP contribution in [0.3, 0.4) is 0 Å². The third-order valence-corrected chi connectivity index (χ3v) is 5.55. The van der Waals surface area contributed by atoms with Gasteiger partial charge in [0.25, 0.3) is 0 Å². The molecule has 0 aliphatic carbocycles. The highest BCUT2D eigenvalue weighted by Crippen LogP contribution is 2.31. The van der Waals surface area contributed by atoms with Gasteiger partial charge in [0.2, 0.25) is 5.13 Å². The third kappa shape index (κ3) is 5.57. The first-order chi connectivity index (χ1) is 13.6. The lowest BCUT2D eigenvalue weighted by Crippen LogP contribution is -2.19. The number of carbonyl (C=O) groups excluding carboxylic acids is 1. The zero-order valence-electron chi connectivity index (χ0n) is 15.1. The molecule has 0 aliphatic rings. The zero-order chi connectivity index (χ0) is 19.9. The minimum absolute atomic E-state index is 0.366. The molecular weight excluding hydrogens is 403 g/mol. The molecule has 2 amide bonds. The normalized spacial score (nSPS) is 10.4. The Labute approximate surface area is 169 Å². The first-order valence-corrected chi connectivity index (χ1v) is 9.88. The van der Waals surface area contributed by atoms with Gasteiger partial charge in [-0.1, -0.05) is 23.1 Å². The largest absolute Gasteiger partial charge is 0.497 e. The zero-order valence-corrected chi connectivity index (χ0v) is 16.7. The summed E-state index contributed by atoms with van der Waals surface area (Å²) in [4.78, 5) is 12.0. The van der Waals surface area contributed by atoms with E-state index in [2.05, 4.69) is 20.8 Å². The number of urea groups is 1. The number of thioether (sulfide) groups is 1. The molecule has 0 fully saturated rings. The van der Waals surface area contributed by atoms with Crippen molar-refractivity contribution in [2.24, 2.45) is 0 Å². The van der Waals surface area contributed by atoms with Crippen LogP contribution in [0.15, 0.2) is 46.8 Å². The first kappa shape index (κ1) is 19.9. The number of nitrogens with zero attached hydrogens (tertiary/aromatic N) is 2. The highest BCUT2D eigenvalue weighted by Gasteiger charge is 2.10. The molecule has 0 unspecified atom stereocenters. The summed E-state index contributed by atoms with van der Waals surface area (Å²) in [5.74, 6) is 1.70. The third-order valence-electron chi connectivity index (χ3n) is 3.50. The molecule has 3 rings (SSSR count). The monoisotopic (exact) mass is 420 g/mol. The van der Waals surface area contributed by atoms with Crippen LogP contribution in [0.1, 0.15) is 5.56 Å². The molecule has 28 heavy (non-hydrogen) atoms. The molecule has 7 nitrogen and oxygen atoms in total. The van der Waals surface area contributed by atoms with Crippen molar-refractivity contribution < 1.29 is 18.7 Å². The summed E-state index contributed by atoms with van der Waals surface area (Å²) in [7, 11) is 3.21. The summed E-state index contributed by atoms with van der Waals surface area (Å²) in [6.07, 6.45) is 0. The van der Waals surface area contributed by atoms with Crippen molar-refractivity contribution in [3.8, 4) is 11.5 Å². The number of methoxy groups -OCH3 is 2. The summed E-state index contributed by atoms with van der Waals surface area (Å²) < 4.78 is 24.1. The van der Waals surface area contributed by atoms with Crippen molar-refractivity contribution in [2.75, 3.05) is 24.9 Å². The number of ether oxygens (including phenoxy) is 2. The highest BCUT2D eigenvalue weighted by atomic mass is 32.2. The first-order valence-electron chi connectivity index (χ1n) is 8.07. The summed E-state index contributed by atoms with van der Waals surface area (Å²) >= 11 is 2.75. The van der Waals surface area contributed by atoms with Gasteiger partial charge in [-0.05, 0) is 42.0 Å². The molecule has 0 radical (unpaired) electrons. The van der Waals surface area contributed by atoms with E-state index in [4.69, 9.17) is 9.47 Å². The van der Waals surface area contributed by atoms with Gasteiger partial charge in [-0.25, -0.2) is 9.18 Å². The highest BCUT2D eigenvalue weighted by molar-refractivity contribution is 8.00. The van der Waals surface area contributed by atoms with Crippen molar-refractivity contribution >= 4 is 39.9 Å². The number of hydrogen-bond acceptors (Lipinski definition) is 7. The van der Waals surface area contributed by atoms with E-state index in [1.54, 1.807) is 20.3 Å². The molecule has 0 aliphatic heterocycles. The molecule has 1 heterocycles. The molecule has 1 aromatic heterocycles. The van der Waals surface area contributed by atoms with Crippen LogP contribution in [-0.4, -0.2) is 30.4 Å². The second-order valence-corrected chi connectivity index (χ2v) is 7.67. The molecule has 10 heteroatoms. The fraction of sp³-hybridized carbons (Fsp3) is 0.167. The molecule has 146 valence electrons. The number of halogens is 1. The van der Waals surface area contributed by atoms with Crippen LogP contribution in [0.25, 0.3) is 0 Å². The van der Waals surface area contributed by atoms with Crippen molar-refractivity contribution in [2.45, 2.75) is 10.1 Å². The molecule has 3 aromatic rings. The molecule has 0 saturated carbocycles. The van der Waals surface area contributed by atoms with Crippen LogP contribution in [0.5, 0.6) is 11.5 Å². The van der Waals surface area contributed by atoms with E-state index in [9.17, 15) is 9.18 Å². The predicted octanol–water partition coefficient (Wildman–Crippen LogP) is 4.63. The predicted molar refractivity (Wildman–Crippen MR) is 108 cm³/mol. The van der Waals surface area contributed by atoms with Crippen molar-refractivity contribution in [3.05, 3.63) is 53.8 Å². The number of carbonyl (C=O) groups is 1. The molecular formula is C18H17FN4O3S2. The van der Waals surface area contributed by atoms with Crippen LogP contribution in [0.4, 0.5) is 20.0 Å². The summed E-state index contributed by atoms with van der Waals surface area (Å²) in [6, 6.07) is 10.7. The maximum atomic E-state index is 12.9. The van der Waals surface area contributed by atoms with Gasteiger partial charge in [0.05, 0.1) is 14.2 Å². The number of nitrogens with one attached hydrogen (secondary N) is 2. The van der Waals surface area contributed by atoms with Crippen molar-refractivity contribution in [1.29, 1.82) is 0 Å². The van der Waals surface area contributed by atoms with E-state index in [-0.39, 0.29) is 5.82 Å². The van der Waals surface area contributed by atoms with E-state index in [0.29, 0.717) is 32.4 Å². The van der Waals surface area contributed by atoms with Crippen LogP contribution in [0.2, 0.25) is 0 Å². The quantitative estimate of drug-likeness (QED) is 0.428. The number of rotatable bonds is 7. The van der Waals surface area contributed by atoms with Crippen molar-refractivity contribution in [3.63, 3.8) is 0 Å². The van der Waals surface area contributed by atoms with Gasteiger partial charge >= 0.3 is 6.03 Å². The minimum atomic E-state index is -0.475. The molecule has 0 saturated heterocycles. The number of aromatic nitrogens is 2. The second-order valence-electron chi connectivity index (χ2n) is 5.47. The van der Waals surface area contributed by atoms with Crippen LogP contribution >= 0.6 is 23.1 Å². The van der Waals surface area contributed by atoms with Gasteiger partial charge in [-0.15, -0.1) is 10.2 Å². The second kappa shape index (κ2) is 9.38. The molecule has 0 spiro atoms. The Kier molecular flexibility index (Phi) is 6.66. The van der Waals surface area contributed by atoms with Crippen molar-refractivity contribution in [1.82, 2.24) is 10.2 Å². The lowest BCUT2D eigenvalue weighted by Gasteiger charge is -2.07. The SMILES string of the molecule is COc1cc(CSc2nnc(NC(=O)Nc3ccc(F)cc3)s2)cc(OC)c1. The fourth-order valence-corrected chi connectivity index (χ4v) is 3.88. The maximum absolute atomic E-state index is 12.9. The molecule has 2 N–H and O–H groups in total. The number of benzene rings is 2. The standard InChI is InChI=1S/C18H17FN4O3S2/c1-25-14-7-11(8-15(9-14)26-2)10-27-18-23-22-17(28-18)21-16(24)20-13-5-3-12(19)4-6-13/h3-9H,10H2,1-2H3,(H2,20,21,22,24). The Morgan fingerprint density at radius 2 is 1.75 bits per heavy atom. The lowest BCUT2D eigenvalue weighted by atomic mass is 10.2. The van der Waals surface area contributed by atoms with E-state index in [1.165, 1.54) is 47.4 Å². The topological polar surface area (TPSA) is 85.4 Å². The summed E-state index contributed by atoms with van der Waals surface area (Å²) in [6.45, 7) is 0.